The largest absolute Gasteiger partial charge is 0.464 e. The third-order valence-corrected chi connectivity index (χ3v) is 2.28. The first-order chi connectivity index (χ1) is 7.36. The molecule has 16 heavy (non-hydrogen) atoms. The topological polar surface area (TPSA) is 76.4 Å². The van der Waals surface area contributed by atoms with Crippen molar-refractivity contribution < 1.29 is 19.1 Å². The van der Waals surface area contributed by atoms with Crippen molar-refractivity contribution in [1.29, 1.82) is 5.26 Å². The third-order valence-electron chi connectivity index (χ3n) is 2.28. The number of nitrogens with zero attached hydrogens (tertiary/aromatic N) is 1. The molecule has 0 spiro atoms. The van der Waals surface area contributed by atoms with Crippen molar-refractivity contribution in [3.63, 3.8) is 0 Å². The van der Waals surface area contributed by atoms with E-state index in [9.17, 15) is 9.59 Å². The van der Waals surface area contributed by atoms with E-state index in [1.807, 2.05) is 6.07 Å². The van der Waals surface area contributed by atoms with Crippen LogP contribution in [-0.4, -0.2) is 24.6 Å². The van der Waals surface area contributed by atoms with E-state index in [-0.39, 0.29) is 6.61 Å². The van der Waals surface area contributed by atoms with E-state index in [0.29, 0.717) is 6.42 Å². The van der Waals surface area contributed by atoms with Crippen LogP contribution in [0.15, 0.2) is 0 Å². The molecule has 0 aromatic carbocycles. The molecule has 0 radical (unpaired) electrons. The molecule has 1 aliphatic heterocycles. The number of carbonyl (C=O) groups is 2. The summed E-state index contributed by atoms with van der Waals surface area (Å²) in [4.78, 5) is 22.8. The lowest BCUT2D eigenvalue weighted by Gasteiger charge is -2.28. The summed E-state index contributed by atoms with van der Waals surface area (Å²) in [6.45, 7) is 5.35. The van der Waals surface area contributed by atoms with Crippen molar-refractivity contribution in [1.82, 2.24) is 0 Å². The number of rotatable bonds is 1. The molecule has 2 atom stereocenters. The van der Waals surface area contributed by atoms with Gasteiger partial charge in [0.25, 0.3) is 0 Å². The van der Waals surface area contributed by atoms with Gasteiger partial charge in [-0.15, -0.1) is 0 Å². The van der Waals surface area contributed by atoms with E-state index < -0.39 is 29.4 Å². The van der Waals surface area contributed by atoms with Gasteiger partial charge in [0.05, 0.1) is 18.1 Å². The predicted octanol–water partition coefficient (Wildman–Crippen LogP) is 1.03. The number of esters is 2. The lowest BCUT2D eigenvalue weighted by atomic mass is 9.95. The molecule has 5 heteroatoms. The van der Waals surface area contributed by atoms with Crippen LogP contribution in [0.5, 0.6) is 0 Å². The van der Waals surface area contributed by atoms with Gasteiger partial charge in [0.1, 0.15) is 6.10 Å². The number of cyclic esters (lactones) is 1. The maximum absolute atomic E-state index is 11.6. The molecule has 1 rings (SSSR count). The quantitative estimate of drug-likeness (QED) is 0.623. The van der Waals surface area contributed by atoms with Crippen molar-refractivity contribution in [3.8, 4) is 6.07 Å². The van der Waals surface area contributed by atoms with Crippen LogP contribution in [0.4, 0.5) is 0 Å². The molecule has 0 aromatic heterocycles. The molecule has 0 bridgehead atoms. The van der Waals surface area contributed by atoms with Crippen molar-refractivity contribution >= 4 is 11.9 Å². The van der Waals surface area contributed by atoms with Crippen LogP contribution in [0.2, 0.25) is 0 Å². The van der Waals surface area contributed by atoms with Crippen molar-refractivity contribution in [2.75, 3.05) is 6.61 Å². The molecule has 1 aliphatic rings. The molecular formula is C11H15NO4. The summed E-state index contributed by atoms with van der Waals surface area (Å²) < 4.78 is 9.89. The minimum atomic E-state index is -1.000. The van der Waals surface area contributed by atoms with Gasteiger partial charge in [-0.3, -0.25) is 9.59 Å². The highest BCUT2D eigenvalue weighted by atomic mass is 16.6. The van der Waals surface area contributed by atoms with Crippen LogP contribution < -0.4 is 0 Å². The van der Waals surface area contributed by atoms with Gasteiger partial charge < -0.3 is 9.47 Å². The third kappa shape index (κ3) is 2.72. The SMILES string of the molecule is CC(C)(C)C(=O)OC1CCOC(=O)C1C#N. The Labute approximate surface area is 94.3 Å². The molecule has 0 amide bonds. The van der Waals surface area contributed by atoms with Crippen LogP contribution >= 0.6 is 0 Å². The number of ether oxygens (including phenoxy) is 2. The molecule has 0 N–H and O–H groups in total. The van der Waals surface area contributed by atoms with Gasteiger partial charge in [0.15, 0.2) is 5.92 Å². The standard InChI is InChI=1S/C11H15NO4/c1-11(2,3)10(14)16-8-4-5-15-9(13)7(8)6-12/h7-8H,4-5H2,1-3H3. The summed E-state index contributed by atoms with van der Waals surface area (Å²) in [5, 5.41) is 8.81. The highest BCUT2D eigenvalue weighted by Crippen LogP contribution is 2.23. The Morgan fingerprint density at radius 2 is 2.19 bits per heavy atom. The van der Waals surface area contributed by atoms with E-state index in [0.717, 1.165) is 0 Å². The maximum atomic E-state index is 11.6. The fourth-order valence-corrected chi connectivity index (χ4v) is 1.26. The average Bonchev–Trinajstić information content (AvgIpc) is 2.16. The summed E-state index contributed by atoms with van der Waals surface area (Å²) in [6, 6.07) is 1.81. The fraction of sp³-hybridized carbons (Fsp3) is 0.727. The number of hydrogen-bond acceptors (Lipinski definition) is 5. The van der Waals surface area contributed by atoms with E-state index in [1.165, 1.54) is 0 Å². The first kappa shape index (κ1) is 12.5. The van der Waals surface area contributed by atoms with Gasteiger partial charge in [0, 0.05) is 6.42 Å². The zero-order valence-corrected chi connectivity index (χ0v) is 9.65. The normalized spacial score (nSPS) is 25.5. The Kier molecular flexibility index (Phi) is 3.53. The summed E-state index contributed by atoms with van der Waals surface area (Å²) in [5.74, 6) is -2.02. The van der Waals surface area contributed by atoms with Crippen molar-refractivity contribution in [3.05, 3.63) is 0 Å². The number of carbonyl (C=O) groups excluding carboxylic acids is 2. The van der Waals surface area contributed by atoms with Crippen LogP contribution in [0, 0.1) is 22.7 Å². The summed E-state index contributed by atoms with van der Waals surface area (Å²) in [6.07, 6.45) is -0.302. The minimum Gasteiger partial charge on any atom is -0.464 e. The van der Waals surface area contributed by atoms with Gasteiger partial charge >= 0.3 is 11.9 Å². The Morgan fingerprint density at radius 1 is 1.56 bits per heavy atom. The molecule has 0 aromatic rings. The molecule has 0 saturated carbocycles. The van der Waals surface area contributed by atoms with Gasteiger partial charge in [-0.05, 0) is 20.8 Å². The second-order valence-electron chi connectivity index (χ2n) is 4.76. The van der Waals surface area contributed by atoms with Gasteiger partial charge in [-0.2, -0.15) is 5.26 Å². The predicted molar refractivity (Wildman–Crippen MR) is 54.0 cm³/mol. The number of nitriles is 1. The smallest absolute Gasteiger partial charge is 0.327 e. The van der Waals surface area contributed by atoms with E-state index in [2.05, 4.69) is 0 Å². The molecule has 0 aliphatic carbocycles. The van der Waals surface area contributed by atoms with Crippen LogP contribution in [0.25, 0.3) is 0 Å². The lowest BCUT2D eigenvalue weighted by molar-refractivity contribution is -0.173. The Hall–Kier alpha value is -1.57. The summed E-state index contributed by atoms with van der Waals surface area (Å²) >= 11 is 0. The van der Waals surface area contributed by atoms with Gasteiger partial charge in [0.2, 0.25) is 0 Å². The first-order valence-electron chi connectivity index (χ1n) is 5.13. The zero-order valence-electron chi connectivity index (χ0n) is 9.65. The van der Waals surface area contributed by atoms with Gasteiger partial charge in [-0.25, -0.2) is 0 Å². The molecule has 1 fully saturated rings. The second kappa shape index (κ2) is 4.52. The molecule has 5 nitrogen and oxygen atoms in total. The average molecular weight is 225 g/mol. The summed E-state index contributed by atoms with van der Waals surface area (Å²) in [5.41, 5.74) is -0.638. The van der Waals surface area contributed by atoms with Crippen LogP contribution in [-0.2, 0) is 19.1 Å². The lowest BCUT2D eigenvalue weighted by Crippen LogP contribution is -2.40. The Balaban J connectivity index is 2.70. The second-order valence-corrected chi connectivity index (χ2v) is 4.76. The molecule has 2 unspecified atom stereocenters. The molecular weight excluding hydrogens is 210 g/mol. The molecule has 1 heterocycles. The van der Waals surface area contributed by atoms with E-state index in [4.69, 9.17) is 14.7 Å². The summed E-state index contributed by atoms with van der Waals surface area (Å²) in [7, 11) is 0. The molecule has 1 saturated heterocycles. The molecule has 88 valence electrons. The van der Waals surface area contributed by atoms with Crippen molar-refractivity contribution in [2.45, 2.75) is 33.3 Å². The van der Waals surface area contributed by atoms with E-state index >= 15 is 0 Å². The van der Waals surface area contributed by atoms with Crippen molar-refractivity contribution in [2.24, 2.45) is 11.3 Å². The van der Waals surface area contributed by atoms with E-state index in [1.54, 1.807) is 20.8 Å². The Bertz CT molecular complexity index is 337. The maximum Gasteiger partial charge on any atom is 0.327 e. The van der Waals surface area contributed by atoms with Gasteiger partial charge in [-0.1, -0.05) is 0 Å². The highest BCUT2D eigenvalue weighted by Gasteiger charge is 2.38. The monoisotopic (exact) mass is 225 g/mol. The fourth-order valence-electron chi connectivity index (χ4n) is 1.26. The Morgan fingerprint density at radius 3 is 2.69 bits per heavy atom. The zero-order chi connectivity index (χ0) is 12.3. The number of hydrogen-bond donors (Lipinski definition) is 0. The minimum absolute atomic E-state index is 0.194. The van der Waals surface area contributed by atoms with Crippen LogP contribution in [0.1, 0.15) is 27.2 Å². The highest BCUT2D eigenvalue weighted by molar-refractivity contribution is 5.79. The first-order valence-corrected chi connectivity index (χ1v) is 5.13. The van der Waals surface area contributed by atoms with Crippen LogP contribution in [0.3, 0.4) is 0 Å².